The fourth-order valence-corrected chi connectivity index (χ4v) is 1.70. The molecule has 3 N–H and O–H groups in total. The summed E-state index contributed by atoms with van der Waals surface area (Å²) in [5, 5.41) is 6.53. The van der Waals surface area contributed by atoms with E-state index in [4.69, 9.17) is 5.73 Å². The minimum Gasteiger partial charge on any atom is -0.396 e. The van der Waals surface area contributed by atoms with Crippen LogP contribution in [0.2, 0.25) is 0 Å². The van der Waals surface area contributed by atoms with Gasteiger partial charge in [-0.25, -0.2) is 0 Å². The van der Waals surface area contributed by atoms with Gasteiger partial charge in [0.25, 0.3) is 5.91 Å². The number of alkyl halides is 3. The van der Waals surface area contributed by atoms with Crippen molar-refractivity contribution < 1.29 is 18.0 Å². The number of nitrogens with one attached hydrogen (secondary N) is 1. The second-order valence-corrected chi connectivity index (χ2v) is 4.37. The molecule has 0 aliphatic rings. The van der Waals surface area contributed by atoms with E-state index in [-0.39, 0.29) is 5.56 Å². The van der Waals surface area contributed by atoms with Crippen molar-refractivity contribution in [3.63, 3.8) is 0 Å². The largest absolute Gasteiger partial charge is 0.416 e. The molecule has 0 atom stereocenters. The second-order valence-electron chi connectivity index (χ2n) is 4.37. The summed E-state index contributed by atoms with van der Waals surface area (Å²) in [5.41, 5.74) is 5.39. The molecule has 0 saturated carbocycles. The van der Waals surface area contributed by atoms with Gasteiger partial charge in [-0.15, -0.1) is 0 Å². The number of amides is 1. The molecule has 0 bridgehead atoms. The molecule has 0 aliphatic heterocycles. The van der Waals surface area contributed by atoms with Crippen LogP contribution in [0.3, 0.4) is 0 Å². The Morgan fingerprint density at radius 1 is 1.29 bits per heavy atom. The lowest BCUT2D eigenvalue weighted by Crippen LogP contribution is -2.27. The number of hydrogen-bond donors (Lipinski definition) is 2. The Morgan fingerprint density at radius 3 is 2.48 bits per heavy atom. The lowest BCUT2D eigenvalue weighted by molar-refractivity contribution is -0.137. The summed E-state index contributed by atoms with van der Waals surface area (Å²) in [4.78, 5) is 11.8. The first-order chi connectivity index (χ1) is 9.86. The van der Waals surface area contributed by atoms with E-state index >= 15 is 0 Å². The van der Waals surface area contributed by atoms with Crippen molar-refractivity contribution in [1.29, 1.82) is 0 Å². The third kappa shape index (κ3) is 3.98. The van der Waals surface area contributed by atoms with Crippen LogP contribution in [-0.4, -0.2) is 22.2 Å². The molecule has 0 radical (unpaired) electrons. The van der Waals surface area contributed by atoms with Crippen molar-refractivity contribution in [3.8, 4) is 0 Å². The lowest BCUT2D eigenvalue weighted by Gasteiger charge is -2.08. The summed E-state index contributed by atoms with van der Waals surface area (Å²) in [5.74, 6) is -0.441. The standard InChI is InChI=1S/C13H13F3N4O/c14-13(15,16)10-3-1-9(2-4-10)12(21)18-5-6-20-8-11(17)7-19-20/h1-4,7-8H,5-6,17H2,(H,18,21). The molecule has 1 aromatic carbocycles. The smallest absolute Gasteiger partial charge is 0.396 e. The highest BCUT2D eigenvalue weighted by Gasteiger charge is 2.30. The number of carbonyl (C=O) groups excluding carboxylic acids is 1. The van der Waals surface area contributed by atoms with Gasteiger partial charge in [0.15, 0.2) is 0 Å². The van der Waals surface area contributed by atoms with Gasteiger partial charge in [-0.3, -0.25) is 9.48 Å². The number of anilines is 1. The fraction of sp³-hybridized carbons (Fsp3) is 0.231. The summed E-state index contributed by atoms with van der Waals surface area (Å²) in [6, 6.07) is 4.04. The number of hydrogen-bond acceptors (Lipinski definition) is 3. The molecule has 21 heavy (non-hydrogen) atoms. The maximum Gasteiger partial charge on any atom is 0.416 e. The Kier molecular flexibility index (Phi) is 4.15. The monoisotopic (exact) mass is 298 g/mol. The third-order valence-corrected chi connectivity index (χ3v) is 2.75. The van der Waals surface area contributed by atoms with Gasteiger partial charge in [-0.1, -0.05) is 0 Å². The van der Waals surface area contributed by atoms with Gasteiger partial charge in [-0.2, -0.15) is 18.3 Å². The van der Waals surface area contributed by atoms with Gasteiger partial charge in [-0.05, 0) is 24.3 Å². The second kappa shape index (κ2) is 5.86. The maximum absolute atomic E-state index is 12.4. The molecule has 112 valence electrons. The molecule has 0 aliphatic carbocycles. The van der Waals surface area contributed by atoms with E-state index in [0.29, 0.717) is 18.8 Å². The molecule has 8 heteroatoms. The average molecular weight is 298 g/mol. The van der Waals surface area contributed by atoms with E-state index in [0.717, 1.165) is 24.3 Å². The number of nitrogen functional groups attached to an aromatic ring is 1. The maximum atomic E-state index is 12.4. The Morgan fingerprint density at radius 2 is 1.95 bits per heavy atom. The SMILES string of the molecule is Nc1cnn(CCNC(=O)c2ccc(C(F)(F)F)cc2)c1. The van der Waals surface area contributed by atoms with Gasteiger partial charge in [0, 0.05) is 18.3 Å². The quantitative estimate of drug-likeness (QED) is 0.905. The molecule has 1 amide bonds. The van der Waals surface area contributed by atoms with Gasteiger partial charge in [0.1, 0.15) is 0 Å². The van der Waals surface area contributed by atoms with Crippen molar-refractivity contribution in [2.45, 2.75) is 12.7 Å². The van der Waals surface area contributed by atoms with Crippen molar-refractivity contribution in [2.24, 2.45) is 0 Å². The van der Waals surface area contributed by atoms with E-state index in [1.165, 1.54) is 6.20 Å². The zero-order valence-corrected chi connectivity index (χ0v) is 10.9. The number of nitrogens with zero attached hydrogens (tertiary/aromatic N) is 2. The predicted octanol–water partition coefficient (Wildman–Crippen LogP) is 1.91. The summed E-state index contributed by atoms with van der Waals surface area (Å²) < 4.78 is 38.7. The van der Waals surface area contributed by atoms with Crippen molar-refractivity contribution >= 4 is 11.6 Å². The van der Waals surface area contributed by atoms with Crippen LogP contribution in [0, 0.1) is 0 Å². The number of halogens is 3. The Labute approximate surface area is 118 Å². The average Bonchev–Trinajstić information content (AvgIpc) is 2.83. The molecule has 1 aromatic heterocycles. The minimum atomic E-state index is -4.41. The van der Waals surface area contributed by atoms with Crippen LogP contribution in [0.1, 0.15) is 15.9 Å². The highest BCUT2D eigenvalue weighted by molar-refractivity contribution is 5.94. The van der Waals surface area contributed by atoms with Crippen molar-refractivity contribution in [3.05, 3.63) is 47.8 Å². The minimum absolute atomic E-state index is 0.169. The van der Waals surface area contributed by atoms with Crippen LogP contribution < -0.4 is 11.1 Å². The summed E-state index contributed by atoms with van der Waals surface area (Å²) in [6.07, 6.45) is -1.31. The van der Waals surface area contributed by atoms with Crippen LogP contribution in [0.4, 0.5) is 18.9 Å². The highest BCUT2D eigenvalue weighted by Crippen LogP contribution is 2.28. The van der Waals surface area contributed by atoms with Gasteiger partial charge in [0.2, 0.25) is 0 Å². The van der Waals surface area contributed by atoms with Crippen LogP contribution in [0.5, 0.6) is 0 Å². The topological polar surface area (TPSA) is 72.9 Å². The summed E-state index contributed by atoms with van der Waals surface area (Å²) in [6.45, 7) is 0.713. The molecule has 5 nitrogen and oxygen atoms in total. The van der Waals surface area contributed by atoms with E-state index in [2.05, 4.69) is 10.4 Å². The fourth-order valence-electron chi connectivity index (χ4n) is 1.70. The van der Waals surface area contributed by atoms with E-state index in [9.17, 15) is 18.0 Å². The van der Waals surface area contributed by atoms with Crippen LogP contribution in [-0.2, 0) is 12.7 Å². The number of carbonyl (C=O) groups is 1. The number of nitrogens with two attached hydrogens (primary N) is 1. The first kappa shape index (κ1) is 14.9. The first-order valence-electron chi connectivity index (χ1n) is 6.09. The zero-order chi connectivity index (χ0) is 15.5. The number of rotatable bonds is 4. The van der Waals surface area contributed by atoms with E-state index < -0.39 is 17.6 Å². The van der Waals surface area contributed by atoms with Crippen LogP contribution in [0.15, 0.2) is 36.7 Å². The third-order valence-electron chi connectivity index (χ3n) is 2.75. The zero-order valence-electron chi connectivity index (χ0n) is 10.9. The summed E-state index contributed by atoms with van der Waals surface area (Å²) in [7, 11) is 0. The molecule has 1 heterocycles. The Balaban J connectivity index is 1.88. The van der Waals surface area contributed by atoms with E-state index in [1.807, 2.05) is 0 Å². The molecule has 2 aromatic rings. The van der Waals surface area contributed by atoms with Crippen molar-refractivity contribution in [1.82, 2.24) is 15.1 Å². The Hall–Kier alpha value is -2.51. The molecular weight excluding hydrogens is 285 g/mol. The summed E-state index contributed by atoms with van der Waals surface area (Å²) >= 11 is 0. The van der Waals surface area contributed by atoms with Gasteiger partial charge >= 0.3 is 6.18 Å². The molecular formula is C13H13F3N4O. The van der Waals surface area contributed by atoms with Crippen molar-refractivity contribution in [2.75, 3.05) is 12.3 Å². The molecule has 0 saturated heterocycles. The predicted molar refractivity (Wildman–Crippen MR) is 70.4 cm³/mol. The first-order valence-corrected chi connectivity index (χ1v) is 6.09. The molecule has 0 unspecified atom stereocenters. The van der Waals surface area contributed by atoms with Gasteiger partial charge < -0.3 is 11.1 Å². The Bertz CT molecular complexity index is 619. The van der Waals surface area contributed by atoms with Crippen LogP contribution in [0.25, 0.3) is 0 Å². The molecule has 0 fully saturated rings. The highest BCUT2D eigenvalue weighted by atomic mass is 19.4. The molecule has 0 spiro atoms. The number of benzene rings is 1. The van der Waals surface area contributed by atoms with Crippen LogP contribution >= 0.6 is 0 Å². The molecule has 2 rings (SSSR count). The van der Waals surface area contributed by atoms with Gasteiger partial charge in [0.05, 0.1) is 24.0 Å². The number of aromatic nitrogens is 2. The van der Waals surface area contributed by atoms with E-state index in [1.54, 1.807) is 10.9 Å². The lowest BCUT2D eigenvalue weighted by atomic mass is 10.1. The normalized spacial score (nSPS) is 11.4.